The molecule has 0 unspecified atom stereocenters. The van der Waals surface area contributed by atoms with Crippen molar-refractivity contribution < 1.29 is 0 Å². The molecule has 0 atom stereocenters. The smallest absolute Gasteiger partial charge is 0.281 e. The highest BCUT2D eigenvalue weighted by molar-refractivity contribution is 5.84. The molecule has 18 heavy (non-hydrogen) atoms. The Kier molecular flexibility index (Phi) is 2.23. The molecule has 0 saturated carbocycles. The highest BCUT2D eigenvalue weighted by Crippen LogP contribution is 2.19. The quantitative estimate of drug-likeness (QED) is 0.564. The average molecular weight is 238 g/mol. The number of fused-ring (bicyclic) bond motifs is 3. The molecule has 3 heteroatoms. The first-order valence-electron chi connectivity index (χ1n) is 5.97. The Morgan fingerprint density at radius 3 is 2.67 bits per heavy atom. The van der Waals surface area contributed by atoms with Crippen LogP contribution in [-0.2, 0) is 0 Å². The average Bonchev–Trinajstić information content (AvgIpc) is 2.30. The largest absolute Gasteiger partial charge is 0.300 e. The molecule has 3 rings (SSSR count). The molecule has 0 aliphatic heterocycles. The van der Waals surface area contributed by atoms with Crippen LogP contribution in [0.15, 0.2) is 35.3 Å². The van der Waals surface area contributed by atoms with E-state index in [-0.39, 0.29) is 5.56 Å². The molecule has 0 radical (unpaired) electrons. The predicted octanol–water partition coefficient (Wildman–Crippen LogP) is 2.77. The van der Waals surface area contributed by atoms with Crippen molar-refractivity contribution in [2.45, 2.75) is 20.8 Å². The van der Waals surface area contributed by atoms with Crippen molar-refractivity contribution in [1.82, 2.24) is 9.38 Å². The fraction of sp³-hybridized carbons (Fsp3) is 0.200. The molecule has 2 heterocycles. The summed E-state index contributed by atoms with van der Waals surface area (Å²) in [6.07, 6.45) is 1.96. The molecule has 1 aromatic carbocycles. The number of hydrogen-bond donors (Lipinski definition) is 0. The summed E-state index contributed by atoms with van der Waals surface area (Å²) in [5.41, 5.74) is 4.75. The number of nitrogens with zero attached hydrogens (tertiary/aromatic N) is 2. The summed E-state index contributed by atoms with van der Waals surface area (Å²) in [4.78, 5) is 16.3. The highest BCUT2D eigenvalue weighted by atomic mass is 16.1. The van der Waals surface area contributed by atoms with E-state index in [0.717, 1.165) is 27.9 Å². The maximum absolute atomic E-state index is 12.1. The molecule has 0 aliphatic carbocycles. The van der Waals surface area contributed by atoms with Crippen LogP contribution in [0, 0.1) is 20.8 Å². The van der Waals surface area contributed by atoms with Crippen LogP contribution in [0.2, 0.25) is 0 Å². The van der Waals surface area contributed by atoms with Gasteiger partial charge in [0.25, 0.3) is 5.56 Å². The van der Waals surface area contributed by atoms with Gasteiger partial charge in [-0.3, -0.25) is 4.79 Å². The van der Waals surface area contributed by atoms with Gasteiger partial charge < -0.3 is 4.40 Å². The van der Waals surface area contributed by atoms with Crippen molar-refractivity contribution in [3.8, 4) is 0 Å². The van der Waals surface area contributed by atoms with E-state index < -0.39 is 0 Å². The van der Waals surface area contributed by atoms with Gasteiger partial charge in [0.15, 0.2) is 0 Å². The molecular weight excluding hydrogens is 224 g/mol. The fourth-order valence-corrected chi connectivity index (χ4v) is 2.53. The Morgan fingerprint density at radius 2 is 1.89 bits per heavy atom. The van der Waals surface area contributed by atoms with Gasteiger partial charge in [-0.25, -0.2) is 0 Å². The minimum Gasteiger partial charge on any atom is -0.300 e. The van der Waals surface area contributed by atoms with Crippen molar-refractivity contribution in [3.05, 3.63) is 57.5 Å². The molecule has 0 saturated heterocycles. The number of aryl methyl sites for hydroxylation is 3. The van der Waals surface area contributed by atoms with Crippen molar-refractivity contribution in [1.29, 1.82) is 0 Å². The van der Waals surface area contributed by atoms with Gasteiger partial charge in [0.2, 0.25) is 0 Å². The Balaban J connectivity index is 2.70. The summed E-state index contributed by atoms with van der Waals surface area (Å²) in [5.74, 6) is 0. The zero-order valence-electron chi connectivity index (χ0n) is 10.7. The minimum atomic E-state index is -0.147. The second kappa shape index (κ2) is 3.67. The molecular formula is C15H14N2O. The molecule has 3 nitrogen and oxygen atoms in total. The molecule has 90 valence electrons. The topological polar surface area (TPSA) is 34.4 Å². The molecule has 2 aromatic heterocycles. The van der Waals surface area contributed by atoms with Gasteiger partial charge in [-0.1, -0.05) is 12.1 Å². The minimum absolute atomic E-state index is 0.147. The summed E-state index contributed by atoms with van der Waals surface area (Å²) >= 11 is 0. The van der Waals surface area contributed by atoms with Gasteiger partial charge in [-0.2, -0.15) is 4.98 Å². The van der Waals surface area contributed by atoms with Gasteiger partial charge in [0.1, 0.15) is 5.65 Å². The van der Waals surface area contributed by atoms with E-state index in [0.29, 0.717) is 5.39 Å². The first-order chi connectivity index (χ1) is 8.58. The SMILES string of the molecule is Cc1cc(C)c2c(c1)c(=O)nc1c(C)cccn12. The van der Waals surface area contributed by atoms with E-state index in [4.69, 9.17) is 0 Å². The third kappa shape index (κ3) is 1.44. The monoisotopic (exact) mass is 238 g/mol. The molecule has 0 amide bonds. The van der Waals surface area contributed by atoms with E-state index in [1.54, 1.807) is 0 Å². The lowest BCUT2D eigenvalue weighted by Gasteiger charge is -2.10. The second-order valence-corrected chi connectivity index (χ2v) is 4.78. The number of benzene rings is 1. The molecule has 0 fully saturated rings. The molecule has 0 N–H and O–H groups in total. The summed E-state index contributed by atoms with van der Waals surface area (Å²) < 4.78 is 2.00. The first kappa shape index (κ1) is 11.0. The van der Waals surface area contributed by atoms with Crippen molar-refractivity contribution in [2.24, 2.45) is 0 Å². The zero-order valence-corrected chi connectivity index (χ0v) is 10.7. The zero-order chi connectivity index (χ0) is 12.9. The van der Waals surface area contributed by atoms with Crippen LogP contribution >= 0.6 is 0 Å². The Hall–Kier alpha value is -2.16. The second-order valence-electron chi connectivity index (χ2n) is 4.78. The van der Waals surface area contributed by atoms with E-state index in [9.17, 15) is 4.79 Å². The Labute approximate surface area is 105 Å². The molecule has 0 aliphatic rings. The summed E-state index contributed by atoms with van der Waals surface area (Å²) in [5, 5.41) is 0.690. The Bertz CT molecular complexity index is 831. The normalized spacial score (nSPS) is 11.3. The van der Waals surface area contributed by atoms with Crippen molar-refractivity contribution in [2.75, 3.05) is 0 Å². The first-order valence-corrected chi connectivity index (χ1v) is 5.97. The maximum Gasteiger partial charge on any atom is 0.281 e. The van der Waals surface area contributed by atoms with Crippen molar-refractivity contribution in [3.63, 3.8) is 0 Å². The van der Waals surface area contributed by atoms with Crippen LogP contribution in [0.3, 0.4) is 0 Å². The fourth-order valence-electron chi connectivity index (χ4n) is 2.53. The van der Waals surface area contributed by atoms with E-state index in [1.807, 2.05) is 49.6 Å². The van der Waals surface area contributed by atoms with Gasteiger partial charge in [-0.05, 0) is 49.6 Å². The van der Waals surface area contributed by atoms with Crippen molar-refractivity contribution >= 4 is 16.6 Å². The van der Waals surface area contributed by atoms with Gasteiger partial charge in [0, 0.05) is 6.20 Å². The third-order valence-electron chi connectivity index (χ3n) is 3.29. The van der Waals surface area contributed by atoms with E-state index >= 15 is 0 Å². The number of pyridine rings is 1. The van der Waals surface area contributed by atoms with Crippen LogP contribution in [-0.4, -0.2) is 9.38 Å². The van der Waals surface area contributed by atoms with Crippen LogP contribution in [0.4, 0.5) is 0 Å². The predicted molar refractivity (Wildman–Crippen MR) is 73.2 cm³/mol. The van der Waals surface area contributed by atoms with Crippen LogP contribution < -0.4 is 5.56 Å². The molecule has 3 aromatic rings. The van der Waals surface area contributed by atoms with Gasteiger partial charge >= 0.3 is 0 Å². The summed E-state index contributed by atoms with van der Waals surface area (Å²) in [6.45, 7) is 6.00. The number of hydrogen-bond acceptors (Lipinski definition) is 2. The lowest BCUT2D eigenvalue weighted by molar-refractivity contribution is 1.10. The van der Waals surface area contributed by atoms with Crippen LogP contribution in [0.5, 0.6) is 0 Å². The lowest BCUT2D eigenvalue weighted by Crippen LogP contribution is -2.12. The Morgan fingerprint density at radius 1 is 1.11 bits per heavy atom. The van der Waals surface area contributed by atoms with Gasteiger partial charge in [-0.15, -0.1) is 0 Å². The molecule has 0 bridgehead atoms. The van der Waals surface area contributed by atoms with Gasteiger partial charge in [0.05, 0.1) is 10.9 Å². The third-order valence-corrected chi connectivity index (χ3v) is 3.29. The van der Waals surface area contributed by atoms with E-state index in [2.05, 4.69) is 11.1 Å². The van der Waals surface area contributed by atoms with Crippen LogP contribution in [0.25, 0.3) is 16.6 Å². The summed E-state index contributed by atoms with van der Waals surface area (Å²) in [7, 11) is 0. The number of rotatable bonds is 0. The van der Waals surface area contributed by atoms with Crippen LogP contribution in [0.1, 0.15) is 16.7 Å². The molecule has 0 spiro atoms. The van der Waals surface area contributed by atoms with E-state index in [1.165, 1.54) is 0 Å². The lowest BCUT2D eigenvalue weighted by atomic mass is 10.1. The summed E-state index contributed by atoms with van der Waals surface area (Å²) in [6, 6.07) is 7.95. The highest BCUT2D eigenvalue weighted by Gasteiger charge is 2.09. The maximum atomic E-state index is 12.1. The number of aromatic nitrogens is 2. The standard InChI is InChI=1S/C15H14N2O/c1-9-7-11(3)13-12(8-9)15(18)16-14-10(2)5-4-6-17(13)14/h4-8H,1-3H3.